The summed E-state index contributed by atoms with van der Waals surface area (Å²) in [6.07, 6.45) is 1.98. The number of carbonyl (C=O) groups is 1. The molecule has 0 fully saturated rings. The summed E-state index contributed by atoms with van der Waals surface area (Å²) in [6, 6.07) is 21.9. The van der Waals surface area contributed by atoms with Crippen molar-refractivity contribution in [3.05, 3.63) is 112 Å². The van der Waals surface area contributed by atoms with Crippen LogP contribution >= 0.6 is 30.3 Å². The zero-order valence-corrected chi connectivity index (χ0v) is 26.1. The lowest BCUT2D eigenvalue weighted by Gasteiger charge is -2.20. The maximum Gasteiger partial charge on any atom is 0.254 e. The summed E-state index contributed by atoms with van der Waals surface area (Å²) < 4.78 is 38.1. The van der Waals surface area contributed by atoms with Gasteiger partial charge < -0.3 is 20.1 Å². The fourth-order valence-electron chi connectivity index (χ4n) is 4.72. The molecule has 0 saturated carbocycles. The molecule has 1 unspecified atom stereocenters. The van der Waals surface area contributed by atoms with Gasteiger partial charge >= 0.3 is 0 Å². The van der Waals surface area contributed by atoms with Crippen LogP contribution in [-0.4, -0.2) is 43.0 Å². The molecular formula is C31H30Cl2NO6PS. The highest BCUT2D eigenvalue weighted by atomic mass is 35.5. The minimum absolute atomic E-state index is 0.0216. The van der Waals surface area contributed by atoms with Crippen LogP contribution < -0.4 is 15.9 Å². The minimum Gasteiger partial charge on any atom is -0.508 e. The Morgan fingerprint density at radius 1 is 0.857 bits per heavy atom. The number of amides is 1. The van der Waals surface area contributed by atoms with Crippen molar-refractivity contribution in [2.45, 2.75) is 30.7 Å². The second-order valence-corrected chi connectivity index (χ2v) is 16.0. The molecule has 0 radical (unpaired) electrons. The molecule has 42 heavy (non-hydrogen) atoms. The Kier molecular flexibility index (Phi) is 9.74. The van der Waals surface area contributed by atoms with Gasteiger partial charge in [0.25, 0.3) is 5.91 Å². The SMILES string of the molecule is CC(Cc1cccc(S(C)(=O)=O)c1)NC(=O)c1c(Cl)cc(CCP(=O)(c2cccc(O)c2)c2cccc(O)c2)cc1Cl. The van der Waals surface area contributed by atoms with Gasteiger partial charge in [-0.1, -0.05) is 59.6 Å². The van der Waals surface area contributed by atoms with Gasteiger partial charge in [-0.3, -0.25) is 4.79 Å². The lowest BCUT2D eigenvalue weighted by atomic mass is 10.1. The number of hydrogen-bond acceptors (Lipinski definition) is 6. The van der Waals surface area contributed by atoms with E-state index < -0.39 is 22.9 Å². The lowest BCUT2D eigenvalue weighted by molar-refractivity contribution is 0.0940. The zero-order chi connectivity index (χ0) is 30.7. The number of phenolic OH excluding ortho intramolecular Hbond substituents is 2. The maximum atomic E-state index is 14.4. The first kappa shape index (κ1) is 31.6. The van der Waals surface area contributed by atoms with Crippen molar-refractivity contribution < 1.29 is 28.0 Å². The third-order valence-electron chi connectivity index (χ3n) is 6.78. The number of benzene rings is 4. The van der Waals surface area contributed by atoms with Crippen LogP contribution in [0.3, 0.4) is 0 Å². The molecule has 7 nitrogen and oxygen atoms in total. The molecule has 0 heterocycles. The van der Waals surface area contributed by atoms with Gasteiger partial charge in [-0.2, -0.15) is 0 Å². The van der Waals surface area contributed by atoms with Gasteiger partial charge in [0.15, 0.2) is 9.84 Å². The van der Waals surface area contributed by atoms with Gasteiger partial charge in [0.05, 0.1) is 20.5 Å². The number of phenols is 2. The van der Waals surface area contributed by atoms with Crippen LogP contribution in [0.15, 0.2) is 89.8 Å². The van der Waals surface area contributed by atoms with Crippen molar-refractivity contribution in [3.63, 3.8) is 0 Å². The summed E-state index contributed by atoms with van der Waals surface area (Å²) >= 11 is 13.0. The molecule has 4 aromatic carbocycles. The number of rotatable bonds is 10. The molecule has 1 amide bonds. The number of aryl methyl sites for hydroxylation is 1. The molecule has 0 aliphatic rings. The number of carbonyl (C=O) groups excluding carboxylic acids is 1. The quantitative estimate of drug-likeness (QED) is 0.190. The first-order valence-electron chi connectivity index (χ1n) is 13.0. The molecule has 0 aliphatic carbocycles. The van der Waals surface area contributed by atoms with E-state index in [1.54, 1.807) is 61.5 Å². The highest BCUT2D eigenvalue weighted by Crippen LogP contribution is 2.45. The molecule has 0 saturated heterocycles. The average molecular weight is 647 g/mol. The third-order valence-corrected chi connectivity index (χ3v) is 11.6. The monoisotopic (exact) mass is 645 g/mol. The highest BCUT2D eigenvalue weighted by molar-refractivity contribution is 7.90. The van der Waals surface area contributed by atoms with E-state index in [2.05, 4.69) is 5.32 Å². The Morgan fingerprint density at radius 3 is 1.93 bits per heavy atom. The van der Waals surface area contributed by atoms with Crippen LogP contribution in [0.1, 0.15) is 28.4 Å². The number of sulfone groups is 1. The summed E-state index contributed by atoms with van der Waals surface area (Å²) in [7, 11) is -6.65. The molecule has 0 bridgehead atoms. The molecule has 0 aliphatic heterocycles. The standard InChI is InChI=1S/C31H30Cl2NO6PS/c1-20(14-21-6-3-11-27(15-21)42(2,39)40)34-31(37)30-28(32)16-22(17-29(30)33)12-13-41(38,25-9-4-7-23(35)18-25)26-10-5-8-24(36)19-26/h3-11,15-20,35-36H,12-14H2,1-2H3,(H,34,37). The predicted octanol–water partition coefficient (Wildman–Crippen LogP) is 5.73. The molecule has 4 aromatic rings. The normalized spacial score (nSPS) is 12.6. The predicted molar refractivity (Wildman–Crippen MR) is 168 cm³/mol. The van der Waals surface area contributed by atoms with E-state index in [0.717, 1.165) is 11.8 Å². The van der Waals surface area contributed by atoms with Crippen LogP contribution in [0.2, 0.25) is 10.0 Å². The largest absolute Gasteiger partial charge is 0.508 e. The molecule has 0 aromatic heterocycles. The van der Waals surface area contributed by atoms with E-state index in [-0.39, 0.29) is 50.6 Å². The Hall–Kier alpha value is -3.29. The number of halogens is 2. The van der Waals surface area contributed by atoms with Crippen molar-refractivity contribution in [2.24, 2.45) is 0 Å². The fourth-order valence-corrected chi connectivity index (χ4v) is 8.84. The molecule has 11 heteroatoms. The van der Waals surface area contributed by atoms with E-state index in [1.165, 1.54) is 30.3 Å². The fraction of sp³-hybridized carbons (Fsp3) is 0.194. The van der Waals surface area contributed by atoms with Crippen molar-refractivity contribution in [3.8, 4) is 11.5 Å². The molecule has 1 atom stereocenters. The van der Waals surface area contributed by atoms with Crippen LogP contribution in [0, 0.1) is 0 Å². The molecule has 4 rings (SSSR count). The Balaban J connectivity index is 1.52. The van der Waals surface area contributed by atoms with Gasteiger partial charge in [0.2, 0.25) is 0 Å². The van der Waals surface area contributed by atoms with Crippen LogP contribution in [-0.2, 0) is 27.2 Å². The van der Waals surface area contributed by atoms with E-state index in [1.807, 2.05) is 0 Å². The second kappa shape index (κ2) is 12.9. The van der Waals surface area contributed by atoms with Gasteiger partial charge in [-0.25, -0.2) is 8.42 Å². The van der Waals surface area contributed by atoms with Gasteiger partial charge in [0, 0.05) is 29.1 Å². The molecular weight excluding hydrogens is 616 g/mol. The van der Waals surface area contributed by atoms with Crippen molar-refractivity contribution in [1.29, 1.82) is 0 Å². The maximum absolute atomic E-state index is 14.4. The summed E-state index contributed by atoms with van der Waals surface area (Å²) in [5.41, 5.74) is 1.51. The summed E-state index contributed by atoms with van der Waals surface area (Å²) in [5, 5.41) is 24.1. The van der Waals surface area contributed by atoms with E-state index in [0.29, 0.717) is 22.6 Å². The van der Waals surface area contributed by atoms with Crippen LogP contribution in [0.25, 0.3) is 0 Å². The minimum atomic E-state index is -3.35. The number of hydrogen-bond donors (Lipinski definition) is 3. The molecule has 3 N–H and O–H groups in total. The Morgan fingerprint density at radius 2 is 1.40 bits per heavy atom. The summed E-state index contributed by atoms with van der Waals surface area (Å²) in [4.78, 5) is 13.3. The molecule has 220 valence electrons. The Bertz CT molecular complexity index is 1720. The van der Waals surface area contributed by atoms with Crippen molar-refractivity contribution in [2.75, 3.05) is 12.4 Å². The highest BCUT2D eigenvalue weighted by Gasteiger charge is 2.28. The first-order valence-corrected chi connectivity index (χ1v) is 17.6. The van der Waals surface area contributed by atoms with E-state index in [4.69, 9.17) is 23.2 Å². The summed E-state index contributed by atoms with van der Waals surface area (Å²) in [6.45, 7) is 1.79. The van der Waals surface area contributed by atoms with Gasteiger partial charge in [-0.15, -0.1) is 0 Å². The summed E-state index contributed by atoms with van der Waals surface area (Å²) in [5.74, 6) is -0.521. The number of aromatic hydroxyl groups is 2. The van der Waals surface area contributed by atoms with Crippen molar-refractivity contribution >= 4 is 56.7 Å². The van der Waals surface area contributed by atoms with E-state index in [9.17, 15) is 28.0 Å². The van der Waals surface area contributed by atoms with Crippen molar-refractivity contribution in [1.82, 2.24) is 5.32 Å². The zero-order valence-electron chi connectivity index (χ0n) is 22.9. The number of nitrogens with one attached hydrogen (secondary N) is 1. The van der Waals surface area contributed by atoms with Crippen LogP contribution in [0.5, 0.6) is 11.5 Å². The lowest BCUT2D eigenvalue weighted by Crippen LogP contribution is -2.34. The van der Waals surface area contributed by atoms with Gasteiger partial charge in [0.1, 0.15) is 18.6 Å². The van der Waals surface area contributed by atoms with Crippen LogP contribution in [0.4, 0.5) is 0 Å². The Labute approximate surface area is 255 Å². The average Bonchev–Trinajstić information content (AvgIpc) is 2.91. The molecule has 0 spiro atoms. The second-order valence-electron chi connectivity index (χ2n) is 10.2. The topological polar surface area (TPSA) is 121 Å². The van der Waals surface area contributed by atoms with E-state index >= 15 is 0 Å². The first-order chi connectivity index (χ1) is 19.8. The third kappa shape index (κ3) is 7.56. The smallest absolute Gasteiger partial charge is 0.254 e. The van der Waals surface area contributed by atoms with Gasteiger partial charge in [-0.05, 0) is 79.4 Å².